The number of fused-ring (bicyclic) bond motifs is 1. The van der Waals surface area contributed by atoms with Gasteiger partial charge in [-0.15, -0.1) is 0 Å². The topological polar surface area (TPSA) is 59.7 Å². The summed E-state index contributed by atoms with van der Waals surface area (Å²) in [6, 6.07) is 18.1. The Bertz CT molecular complexity index is 1080. The Morgan fingerprint density at radius 1 is 0.933 bits per heavy atom. The number of carbonyl (C=O) groups is 2. The summed E-state index contributed by atoms with van der Waals surface area (Å²) in [5.74, 6) is -0.0600. The highest BCUT2D eigenvalue weighted by Crippen LogP contribution is 2.38. The molecule has 1 spiro atoms. The highest BCUT2D eigenvalue weighted by molar-refractivity contribution is 6.06. The molecule has 1 aromatic heterocycles. The molecule has 0 aliphatic carbocycles. The van der Waals surface area contributed by atoms with E-state index in [4.69, 9.17) is 0 Å². The smallest absolute Gasteiger partial charge is 0.327 e. The van der Waals surface area contributed by atoms with E-state index in [0.29, 0.717) is 19.4 Å². The number of amides is 3. The highest BCUT2D eigenvalue weighted by atomic mass is 16.2. The summed E-state index contributed by atoms with van der Waals surface area (Å²) >= 11 is 0. The molecule has 1 N–H and O–H groups in total. The molecule has 0 atom stereocenters. The van der Waals surface area contributed by atoms with Gasteiger partial charge in [-0.25, -0.2) is 4.79 Å². The number of hydrogen-bond donors (Lipinski definition) is 1. The predicted molar refractivity (Wildman–Crippen MR) is 116 cm³/mol. The Kier molecular flexibility index (Phi) is 4.59. The molecular weight excluding hydrogens is 376 g/mol. The van der Waals surface area contributed by atoms with Crippen molar-refractivity contribution in [1.29, 1.82) is 0 Å². The number of piperidine rings is 1. The zero-order chi connectivity index (χ0) is 20.7. The molecule has 6 heteroatoms. The lowest BCUT2D eigenvalue weighted by Crippen LogP contribution is -2.56. The van der Waals surface area contributed by atoms with Crippen LogP contribution in [-0.4, -0.2) is 57.3 Å². The lowest BCUT2D eigenvalue weighted by atomic mass is 9.85. The van der Waals surface area contributed by atoms with Gasteiger partial charge in [-0.1, -0.05) is 48.5 Å². The minimum atomic E-state index is -0.724. The molecule has 2 fully saturated rings. The van der Waals surface area contributed by atoms with E-state index >= 15 is 0 Å². The van der Waals surface area contributed by atoms with E-state index in [0.717, 1.165) is 30.7 Å². The maximum absolute atomic E-state index is 13.1. The first kappa shape index (κ1) is 18.9. The number of rotatable bonds is 4. The number of nitrogens with zero attached hydrogens (tertiary/aromatic N) is 3. The third-order valence-corrected chi connectivity index (χ3v) is 6.67. The zero-order valence-corrected chi connectivity index (χ0v) is 17.2. The molecule has 154 valence electrons. The largest absolute Gasteiger partial charge is 0.361 e. The SMILES string of the molecule is CN1C(=O)N(Cc2ccccc2)C2(CCN(Cc3c[nH]c4ccccc34)CC2)C1=O. The van der Waals surface area contributed by atoms with Gasteiger partial charge in [-0.3, -0.25) is 14.6 Å². The van der Waals surface area contributed by atoms with Gasteiger partial charge in [0.15, 0.2) is 0 Å². The second-order valence-corrected chi connectivity index (χ2v) is 8.39. The second-order valence-electron chi connectivity index (χ2n) is 8.39. The standard InChI is InChI=1S/C24H26N4O2/c1-26-22(29)24(28(23(26)30)16-18-7-3-2-4-8-18)11-13-27(14-12-24)17-19-15-25-21-10-6-5-9-20(19)21/h2-10,15,25H,11-14,16-17H2,1H3. The Morgan fingerprint density at radius 3 is 2.40 bits per heavy atom. The molecule has 2 aliphatic heterocycles. The van der Waals surface area contributed by atoms with Crippen molar-refractivity contribution >= 4 is 22.8 Å². The van der Waals surface area contributed by atoms with Crippen molar-refractivity contribution in [2.45, 2.75) is 31.5 Å². The van der Waals surface area contributed by atoms with Crippen molar-refractivity contribution in [2.24, 2.45) is 0 Å². The van der Waals surface area contributed by atoms with Crippen molar-refractivity contribution in [3.05, 3.63) is 71.9 Å². The van der Waals surface area contributed by atoms with E-state index in [1.165, 1.54) is 15.8 Å². The molecule has 6 nitrogen and oxygen atoms in total. The molecule has 30 heavy (non-hydrogen) atoms. The Labute approximate surface area is 176 Å². The number of urea groups is 1. The van der Waals surface area contributed by atoms with Crippen LogP contribution in [0.15, 0.2) is 60.8 Å². The number of likely N-dealkylation sites (tertiary alicyclic amines) is 1. The molecule has 0 saturated carbocycles. The average molecular weight is 402 g/mol. The summed E-state index contributed by atoms with van der Waals surface area (Å²) in [5.41, 5.74) is 2.75. The summed E-state index contributed by atoms with van der Waals surface area (Å²) in [6.45, 7) is 2.89. The van der Waals surface area contributed by atoms with Crippen molar-refractivity contribution < 1.29 is 9.59 Å². The van der Waals surface area contributed by atoms with Crippen LogP contribution in [0.5, 0.6) is 0 Å². The zero-order valence-electron chi connectivity index (χ0n) is 17.2. The normalized spacial score (nSPS) is 19.4. The van der Waals surface area contributed by atoms with E-state index in [9.17, 15) is 9.59 Å². The monoisotopic (exact) mass is 402 g/mol. The molecule has 5 rings (SSSR count). The van der Waals surface area contributed by atoms with Gasteiger partial charge in [0.25, 0.3) is 5.91 Å². The van der Waals surface area contributed by atoms with Crippen LogP contribution in [0.1, 0.15) is 24.0 Å². The number of likely N-dealkylation sites (N-methyl/N-ethyl adjacent to an activating group) is 1. The van der Waals surface area contributed by atoms with Gasteiger partial charge in [-0.05, 0) is 30.0 Å². The number of carbonyl (C=O) groups excluding carboxylic acids is 2. The van der Waals surface area contributed by atoms with Gasteiger partial charge in [0.1, 0.15) is 5.54 Å². The van der Waals surface area contributed by atoms with Crippen molar-refractivity contribution in [2.75, 3.05) is 20.1 Å². The molecule has 0 radical (unpaired) electrons. The summed E-state index contributed by atoms with van der Waals surface area (Å²) in [7, 11) is 1.61. The van der Waals surface area contributed by atoms with Gasteiger partial charge in [0.05, 0.1) is 0 Å². The lowest BCUT2D eigenvalue weighted by Gasteiger charge is -2.42. The van der Waals surface area contributed by atoms with Gasteiger partial charge < -0.3 is 9.88 Å². The van der Waals surface area contributed by atoms with Crippen molar-refractivity contribution in [3.8, 4) is 0 Å². The Morgan fingerprint density at radius 2 is 1.63 bits per heavy atom. The molecule has 2 aliphatic rings. The van der Waals surface area contributed by atoms with Crippen LogP contribution >= 0.6 is 0 Å². The summed E-state index contributed by atoms with van der Waals surface area (Å²) in [5, 5.41) is 1.25. The van der Waals surface area contributed by atoms with E-state index in [1.54, 1.807) is 11.9 Å². The van der Waals surface area contributed by atoms with Gasteiger partial charge >= 0.3 is 6.03 Å². The van der Waals surface area contributed by atoms with Crippen LogP contribution in [0.25, 0.3) is 10.9 Å². The minimum absolute atomic E-state index is 0.0600. The molecule has 0 bridgehead atoms. The van der Waals surface area contributed by atoms with Gasteiger partial charge in [0.2, 0.25) is 0 Å². The fourth-order valence-corrected chi connectivity index (χ4v) is 4.93. The first-order valence-corrected chi connectivity index (χ1v) is 10.5. The average Bonchev–Trinajstić information content (AvgIpc) is 3.26. The number of imide groups is 1. The molecule has 0 unspecified atom stereocenters. The Hall–Kier alpha value is -3.12. The maximum atomic E-state index is 13.1. The number of aromatic amines is 1. The Balaban J connectivity index is 1.34. The summed E-state index contributed by atoms with van der Waals surface area (Å²) < 4.78 is 0. The second kappa shape index (κ2) is 7.29. The minimum Gasteiger partial charge on any atom is -0.361 e. The number of para-hydroxylation sites is 1. The van der Waals surface area contributed by atoms with Crippen LogP contribution in [0.2, 0.25) is 0 Å². The predicted octanol–water partition coefficient (Wildman–Crippen LogP) is 3.60. The number of nitrogens with one attached hydrogen (secondary N) is 1. The van der Waals surface area contributed by atoms with Crippen molar-refractivity contribution in [1.82, 2.24) is 19.7 Å². The molecule has 3 heterocycles. The number of aromatic nitrogens is 1. The van der Waals surface area contributed by atoms with Crippen LogP contribution in [0, 0.1) is 0 Å². The summed E-state index contributed by atoms with van der Waals surface area (Å²) in [6.07, 6.45) is 3.41. The number of hydrogen-bond acceptors (Lipinski definition) is 3. The van der Waals surface area contributed by atoms with E-state index < -0.39 is 5.54 Å². The highest BCUT2D eigenvalue weighted by Gasteiger charge is 2.56. The fraction of sp³-hybridized carbons (Fsp3) is 0.333. The van der Waals surface area contributed by atoms with E-state index in [1.807, 2.05) is 36.4 Å². The third-order valence-electron chi connectivity index (χ3n) is 6.67. The van der Waals surface area contributed by atoms with Gasteiger partial charge in [-0.2, -0.15) is 0 Å². The third kappa shape index (κ3) is 2.99. The molecule has 2 saturated heterocycles. The number of benzene rings is 2. The molecule has 3 aromatic rings. The van der Waals surface area contributed by atoms with Crippen LogP contribution in [0.4, 0.5) is 4.79 Å². The first-order chi connectivity index (χ1) is 14.6. The summed E-state index contributed by atoms with van der Waals surface area (Å²) in [4.78, 5) is 34.9. The number of H-pyrrole nitrogens is 1. The van der Waals surface area contributed by atoms with E-state index in [2.05, 4.69) is 34.3 Å². The van der Waals surface area contributed by atoms with Crippen molar-refractivity contribution in [3.63, 3.8) is 0 Å². The van der Waals surface area contributed by atoms with Crippen LogP contribution in [0.3, 0.4) is 0 Å². The fourth-order valence-electron chi connectivity index (χ4n) is 4.93. The van der Waals surface area contributed by atoms with Crippen LogP contribution < -0.4 is 0 Å². The molecule has 2 aromatic carbocycles. The molecular formula is C24H26N4O2. The first-order valence-electron chi connectivity index (χ1n) is 10.5. The quantitative estimate of drug-likeness (QED) is 0.679. The lowest BCUT2D eigenvalue weighted by molar-refractivity contribution is -0.135. The maximum Gasteiger partial charge on any atom is 0.327 e. The van der Waals surface area contributed by atoms with E-state index in [-0.39, 0.29) is 11.9 Å². The van der Waals surface area contributed by atoms with Gasteiger partial charge in [0, 0.05) is 50.3 Å². The van der Waals surface area contributed by atoms with Crippen LogP contribution in [-0.2, 0) is 17.9 Å². The molecule has 3 amide bonds.